The fourth-order valence-corrected chi connectivity index (χ4v) is 1.71. The van der Waals surface area contributed by atoms with E-state index in [0.29, 0.717) is 17.7 Å². The lowest BCUT2D eigenvalue weighted by Gasteiger charge is -2.34. The van der Waals surface area contributed by atoms with Crippen LogP contribution in [0.25, 0.3) is 0 Å². The van der Waals surface area contributed by atoms with Crippen molar-refractivity contribution in [2.75, 3.05) is 13.2 Å². The van der Waals surface area contributed by atoms with E-state index in [1.165, 1.54) is 12.8 Å². The minimum Gasteiger partial charge on any atom is -0.382 e. The molecule has 3 unspecified atom stereocenters. The first-order valence-corrected chi connectivity index (χ1v) is 6.66. The van der Waals surface area contributed by atoms with Crippen LogP contribution in [0.5, 0.6) is 0 Å². The van der Waals surface area contributed by atoms with Crippen LogP contribution in [0.1, 0.15) is 33.1 Å². The first-order valence-electron chi connectivity index (χ1n) is 5.51. The molecule has 0 radical (unpaired) electrons. The van der Waals surface area contributed by atoms with Crippen molar-refractivity contribution in [3.63, 3.8) is 0 Å². The van der Waals surface area contributed by atoms with Crippen LogP contribution in [0.2, 0.25) is 0 Å². The van der Waals surface area contributed by atoms with E-state index in [2.05, 4.69) is 13.8 Å². The summed E-state index contributed by atoms with van der Waals surface area (Å²) in [4.78, 5) is 0. The monoisotopic (exact) mass is 202 g/mol. The van der Waals surface area contributed by atoms with Crippen LogP contribution < -0.4 is 0 Å². The predicted molar refractivity (Wildman–Crippen MR) is 58.1 cm³/mol. The Morgan fingerprint density at radius 3 is 2.54 bits per heavy atom. The molecule has 0 aromatic carbocycles. The summed E-state index contributed by atoms with van der Waals surface area (Å²) in [5.74, 6) is 0.636. The average molecular weight is 202 g/mol. The van der Waals surface area contributed by atoms with Gasteiger partial charge in [0, 0.05) is 28.5 Å². The standard InChI is InChI=1S/C10H22O2Si/c1-3-8(9-5-6-11-9)7-12-10(13)4-2/h8-10H,3-7H2,1-2,13H3. The number of hydrogen-bond acceptors (Lipinski definition) is 2. The van der Waals surface area contributed by atoms with Crippen LogP contribution >= 0.6 is 0 Å². The molecule has 1 rings (SSSR count). The summed E-state index contributed by atoms with van der Waals surface area (Å²) in [6, 6.07) is 0. The fraction of sp³-hybridized carbons (Fsp3) is 1.00. The Balaban J connectivity index is 2.15. The Labute approximate surface area is 84.4 Å². The van der Waals surface area contributed by atoms with Crippen LogP contribution in [-0.4, -0.2) is 35.3 Å². The second-order valence-corrected chi connectivity index (χ2v) is 5.21. The van der Waals surface area contributed by atoms with Gasteiger partial charge in [-0.05, 0) is 19.3 Å². The Hall–Kier alpha value is 0.137. The van der Waals surface area contributed by atoms with Crippen molar-refractivity contribution >= 4 is 10.2 Å². The Morgan fingerprint density at radius 1 is 1.46 bits per heavy atom. The quantitative estimate of drug-likeness (QED) is 0.596. The predicted octanol–water partition coefficient (Wildman–Crippen LogP) is 0.920. The molecule has 0 aliphatic carbocycles. The molecule has 0 bridgehead atoms. The van der Waals surface area contributed by atoms with Crippen LogP contribution in [0.3, 0.4) is 0 Å². The lowest BCUT2D eigenvalue weighted by Crippen LogP contribution is -2.37. The molecule has 1 heterocycles. The highest BCUT2D eigenvalue weighted by atomic mass is 28.1. The maximum Gasteiger partial charge on any atom is 0.0647 e. The van der Waals surface area contributed by atoms with Gasteiger partial charge < -0.3 is 9.47 Å². The number of hydrogen-bond donors (Lipinski definition) is 0. The zero-order valence-corrected chi connectivity index (χ0v) is 11.1. The molecule has 3 atom stereocenters. The normalized spacial score (nSPS) is 26.8. The smallest absolute Gasteiger partial charge is 0.0647 e. The highest BCUT2D eigenvalue weighted by Gasteiger charge is 2.27. The summed E-state index contributed by atoms with van der Waals surface area (Å²) in [7, 11) is 1.15. The molecule has 0 N–H and O–H groups in total. The van der Waals surface area contributed by atoms with Crippen molar-refractivity contribution in [1.29, 1.82) is 0 Å². The van der Waals surface area contributed by atoms with Gasteiger partial charge >= 0.3 is 0 Å². The highest BCUT2D eigenvalue weighted by molar-refractivity contribution is 6.10. The van der Waals surface area contributed by atoms with Gasteiger partial charge in [-0.15, -0.1) is 0 Å². The van der Waals surface area contributed by atoms with Gasteiger partial charge in [0.25, 0.3) is 0 Å². The summed E-state index contributed by atoms with van der Waals surface area (Å²) in [6.45, 7) is 6.28. The largest absolute Gasteiger partial charge is 0.382 e. The maximum absolute atomic E-state index is 5.78. The van der Waals surface area contributed by atoms with Gasteiger partial charge in [-0.3, -0.25) is 0 Å². The molecule has 2 nitrogen and oxygen atoms in total. The van der Waals surface area contributed by atoms with Gasteiger partial charge in [-0.2, -0.15) is 0 Å². The molecule has 13 heavy (non-hydrogen) atoms. The molecular weight excluding hydrogens is 180 g/mol. The Morgan fingerprint density at radius 2 is 2.15 bits per heavy atom. The summed E-state index contributed by atoms with van der Waals surface area (Å²) in [6.07, 6.45) is 4.08. The van der Waals surface area contributed by atoms with Crippen molar-refractivity contribution in [1.82, 2.24) is 0 Å². The molecule has 0 spiro atoms. The SMILES string of the molecule is CCC([SiH3])OCC(CC)C1CCO1. The van der Waals surface area contributed by atoms with Crippen molar-refractivity contribution in [3.05, 3.63) is 0 Å². The van der Waals surface area contributed by atoms with Gasteiger partial charge in [0.1, 0.15) is 0 Å². The van der Waals surface area contributed by atoms with E-state index in [4.69, 9.17) is 9.47 Å². The summed E-state index contributed by atoms with van der Waals surface area (Å²) in [5, 5.41) is 0. The highest BCUT2D eigenvalue weighted by Crippen LogP contribution is 2.23. The van der Waals surface area contributed by atoms with E-state index < -0.39 is 0 Å². The third-order valence-electron chi connectivity index (χ3n) is 2.95. The van der Waals surface area contributed by atoms with Crippen molar-refractivity contribution in [2.24, 2.45) is 5.92 Å². The van der Waals surface area contributed by atoms with E-state index in [1.54, 1.807) is 0 Å². The zero-order chi connectivity index (χ0) is 9.68. The van der Waals surface area contributed by atoms with Crippen LogP contribution in [-0.2, 0) is 9.47 Å². The molecular formula is C10H22O2Si. The Kier molecular flexibility index (Phi) is 4.99. The first kappa shape index (κ1) is 11.2. The summed E-state index contributed by atoms with van der Waals surface area (Å²) >= 11 is 0. The van der Waals surface area contributed by atoms with E-state index in [1.807, 2.05) is 0 Å². The number of rotatable bonds is 6. The lowest BCUT2D eigenvalue weighted by molar-refractivity contribution is -0.105. The molecule has 1 aliphatic rings. The van der Waals surface area contributed by atoms with Crippen molar-refractivity contribution < 1.29 is 9.47 Å². The van der Waals surface area contributed by atoms with Crippen molar-refractivity contribution in [3.8, 4) is 0 Å². The molecule has 3 heteroatoms. The molecule has 0 aromatic rings. The molecule has 78 valence electrons. The second kappa shape index (κ2) is 5.78. The molecule has 0 amide bonds. The topological polar surface area (TPSA) is 18.5 Å². The van der Waals surface area contributed by atoms with Gasteiger partial charge in [-0.25, -0.2) is 0 Å². The molecule has 1 fully saturated rings. The lowest BCUT2D eigenvalue weighted by atomic mass is 9.95. The molecule has 1 aliphatic heterocycles. The molecule has 0 saturated carbocycles. The van der Waals surface area contributed by atoms with Crippen molar-refractivity contribution in [2.45, 2.75) is 44.9 Å². The average Bonchev–Trinajstić information content (AvgIpc) is 2.08. The summed E-state index contributed by atoms with van der Waals surface area (Å²) in [5.41, 5.74) is 0.536. The van der Waals surface area contributed by atoms with Crippen LogP contribution in [0.4, 0.5) is 0 Å². The van der Waals surface area contributed by atoms with E-state index in [-0.39, 0.29) is 0 Å². The van der Waals surface area contributed by atoms with Gasteiger partial charge in [0.2, 0.25) is 0 Å². The third-order valence-corrected chi connectivity index (χ3v) is 4.10. The van der Waals surface area contributed by atoms with E-state index in [0.717, 1.165) is 29.9 Å². The zero-order valence-electron chi connectivity index (χ0n) is 9.08. The Bertz CT molecular complexity index is 137. The van der Waals surface area contributed by atoms with E-state index >= 15 is 0 Å². The number of ether oxygens (including phenoxy) is 2. The minimum absolute atomic E-state index is 0.496. The molecule has 0 aromatic heterocycles. The van der Waals surface area contributed by atoms with Gasteiger partial charge in [0.15, 0.2) is 0 Å². The minimum atomic E-state index is 0.496. The first-order chi connectivity index (χ1) is 6.27. The third kappa shape index (κ3) is 3.41. The maximum atomic E-state index is 5.78. The van der Waals surface area contributed by atoms with Crippen LogP contribution in [0, 0.1) is 5.92 Å². The van der Waals surface area contributed by atoms with Gasteiger partial charge in [-0.1, -0.05) is 13.8 Å². The summed E-state index contributed by atoms with van der Waals surface area (Å²) < 4.78 is 11.3. The van der Waals surface area contributed by atoms with Gasteiger partial charge in [0.05, 0.1) is 12.7 Å². The van der Waals surface area contributed by atoms with Crippen LogP contribution in [0.15, 0.2) is 0 Å². The molecule has 1 saturated heterocycles. The van der Waals surface area contributed by atoms with E-state index in [9.17, 15) is 0 Å². The fourth-order valence-electron chi connectivity index (χ4n) is 1.52. The second-order valence-electron chi connectivity index (χ2n) is 3.92.